The third kappa shape index (κ3) is 6.78. The number of halogens is 2. The number of benzene rings is 2. The van der Waals surface area contributed by atoms with Gasteiger partial charge < -0.3 is 19.9 Å². The quantitative estimate of drug-likeness (QED) is 0.378. The number of ether oxygens (including phenoxy) is 2. The Hall–Kier alpha value is -3.01. The number of nitrogens with zero attached hydrogens (tertiary/aromatic N) is 1. The molecule has 0 aliphatic heterocycles. The van der Waals surface area contributed by atoms with Gasteiger partial charge >= 0.3 is 5.97 Å². The molecule has 0 aliphatic rings. The highest BCUT2D eigenvalue weighted by Gasteiger charge is 2.21. The number of nitrogens with one attached hydrogen (secondary N) is 1. The van der Waals surface area contributed by atoms with Gasteiger partial charge in [0.15, 0.2) is 6.10 Å². The van der Waals surface area contributed by atoms with Crippen LogP contribution in [0.1, 0.15) is 40.3 Å². The van der Waals surface area contributed by atoms with E-state index in [0.717, 1.165) is 5.56 Å². The fourth-order valence-corrected chi connectivity index (χ4v) is 4.54. The molecule has 0 saturated heterocycles. The van der Waals surface area contributed by atoms with Gasteiger partial charge in [-0.05, 0) is 50.6 Å². The highest BCUT2D eigenvalue weighted by Crippen LogP contribution is 2.30. The maximum absolute atomic E-state index is 13.5. The van der Waals surface area contributed by atoms with E-state index in [1.54, 1.807) is 45.0 Å². The molecule has 0 saturated carbocycles. The van der Waals surface area contributed by atoms with Crippen LogP contribution in [0.2, 0.25) is 5.02 Å². The van der Waals surface area contributed by atoms with Gasteiger partial charge in [0.2, 0.25) is 0 Å². The first kappa shape index (κ1) is 26.6. The lowest BCUT2D eigenvalue weighted by atomic mass is 10.0. The first-order chi connectivity index (χ1) is 16.6. The third-order valence-electron chi connectivity index (χ3n) is 5.10. The first-order valence-electron chi connectivity index (χ1n) is 10.8. The molecule has 0 radical (unpaired) electrons. The van der Waals surface area contributed by atoms with Crippen molar-refractivity contribution < 1.29 is 28.6 Å². The van der Waals surface area contributed by atoms with Crippen molar-refractivity contribution in [2.24, 2.45) is 0 Å². The van der Waals surface area contributed by atoms with Crippen LogP contribution in [-0.2, 0) is 22.5 Å². The summed E-state index contributed by atoms with van der Waals surface area (Å²) in [6.45, 7) is 5.49. The average molecular weight is 521 g/mol. The Bertz CT molecular complexity index is 1230. The number of thiazole rings is 1. The molecule has 10 heteroatoms. The first-order valence-corrected chi connectivity index (χ1v) is 12.0. The van der Waals surface area contributed by atoms with Gasteiger partial charge in [0.1, 0.15) is 22.3 Å². The van der Waals surface area contributed by atoms with Gasteiger partial charge in [-0.15, -0.1) is 11.3 Å². The second kappa shape index (κ2) is 11.6. The number of hydrogen-bond acceptors (Lipinski definition) is 6. The van der Waals surface area contributed by atoms with E-state index in [0.29, 0.717) is 26.8 Å². The fraction of sp³-hybridized carbons (Fsp3) is 0.320. The van der Waals surface area contributed by atoms with Crippen molar-refractivity contribution in [2.75, 3.05) is 7.11 Å². The van der Waals surface area contributed by atoms with Crippen LogP contribution >= 0.6 is 22.9 Å². The SMILES string of the molecule is COc1ccc(CC(OC(C)C)C(=O)O)cc1CNC(=O)c1nc(-c2ccc(F)c(Cl)c2)sc1C. The summed E-state index contributed by atoms with van der Waals surface area (Å²) in [6, 6.07) is 9.59. The number of carbonyl (C=O) groups excluding carboxylic acids is 1. The number of aryl methyl sites for hydroxylation is 1. The topological polar surface area (TPSA) is 97.8 Å². The van der Waals surface area contributed by atoms with E-state index < -0.39 is 17.9 Å². The van der Waals surface area contributed by atoms with Gasteiger partial charge in [-0.2, -0.15) is 0 Å². The van der Waals surface area contributed by atoms with Gasteiger partial charge in [0.25, 0.3) is 5.91 Å². The second-order valence-electron chi connectivity index (χ2n) is 8.10. The van der Waals surface area contributed by atoms with E-state index in [-0.39, 0.29) is 35.7 Å². The molecule has 1 amide bonds. The van der Waals surface area contributed by atoms with E-state index >= 15 is 0 Å². The zero-order valence-electron chi connectivity index (χ0n) is 19.7. The standard InChI is InChI=1S/C25H26ClFN2O5S/c1-13(2)34-21(25(31)32)10-15-5-8-20(33-4)17(9-15)12-28-23(30)22-14(3)35-24(29-22)16-6-7-19(27)18(26)11-16/h5-9,11,13,21H,10,12H2,1-4H3,(H,28,30)(H,31,32). The molecule has 1 unspecified atom stereocenters. The minimum absolute atomic E-state index is 0.0164. The molecule has 2 aromatic carbocycles. The lowest BCUT2D eigenvalue weighted by Gasteiger charge is -2.18. The number of carbonyl (C=O) groups is 2. The van der Waals surface area contributed by atoms with Gasteiger partial charge in [-0.25, -0.2) is 14.2 Å². The number of carboxylic acids is 1. The van der Waals surface area contributed by atoms with Gasteiger partial charge in [0.05, 0.1) is 18.2 Å². The predicted molar refractivity (Wildman–Crippen MR) is 133 cm³/mol. The predicted octanol–water partition coefficient (Wildman–Crippen LogP) is 5.27. The minimum Gasteiger partial charge on any atom is -0.496 e. The molecule has 186 valence electrons. The van der Waals surface area contributed by atoms with Crippen LogP contribution in [0.3, 0.4) is 0 Å². The van der Waals surface area contributed by atoms with Crippen LogP contribution in [0.15, 0.2) is 36.4 Å². The summed E-state index contributed by atoms with van der Waals surface area (Å²) in [5.74, 6) is -1.38. The van der Waals surface area contributed by atoms with Crippen LogP contribution in [0, 0.1) is 12.7 Å². The van der Waals surface area contributed by atoms with E-state index in [1.807, 2.05) is 0 Å². The van der Waals surface area contributed by atoms with Crippen molar-refractivity contribution in [1.29, 1.82) is 0 Å². The van der Waals surface area contributed by atoms with E-state index in [1.165, 1.54) is 30.6 Å². The molecule has 0 bridgehead atoms. The zero-order valence-corrected chi connectivity index (χ0v) is 21.3. The maximum Gasteiger partial charge on any atom is 0.333 e. The Balaban J connectivity index is 1.75. The van der Waals surface area contributed by atoms with Gasteiger partial charge in [-0.3, -0.25) is 4.79 Å². The van der Waals surface area contributed by atoms with Crippen LogP contribution < -0.4 is 10.1 Å². The summed E-state index contributed by atoms with van der Waals surface area (Å²) in [6.07, 6.45) is -1.04. The number of carboxylic acid groups (broad SMARTS) is 1. The van der Waals surface area contributed by atoms with E-state index in [4.69, 9.17) is 21.1 Å². The van der Waals surface area contributed by atoms with Crippen molar-refractivity contribution in [1.82, 2.24) is 10.3 Å². The summed E-state index contributed by atoms with van der Waals surface area (Å²) in [5, 5.41) is 12.8. The molecule has 1 aromatic heterocycles. The Morgan fingerprint density at radius 1 is 1.23 bits per heavy atom. The number of hydrogen-bond donors (Lipinski definition) is 2. The number of aromatic nitrogens is 1. The van der Waals surface area contributed by atoms with Crippen LogP contribution in [0.25, 0.3) is 10.6 Å². The Kier molecular flexibility index (Phi) is 8.82. The van der Waals surface area contributed by atoms with E-state index in [2.05, 4.69) is 10.3 Å². The molecule has 7 nitrogen and oxygen atoms in total. The third-order valence-corrected chi connectivity index (χ3v) is 6.40. The van der Waals surface area contributed by atoms with Crippen molar-refractivity contribution in [2.45, 2.75) is 45.9 Å². The second-order valence-corrected chi connectivity index (χ2v) is 9.71. The molecule has 0 fully saturated rings. The van der Waals surface area contributed by atoms with Crippen molar-refractivity contribution >= 4 is 34.8 Å². The monoisotopic (exact) mass is 520 g/mol. The normalized spacial score (nSPS) is 12.0. The molecule has 3 rings (SSSR count). The van der Waals surface area contributed by atoms with Gasteiger partial charge in [-0.1, -0.05) is 23.7 Å². The van der Waals surface area contributed by atoms with Crippen LogP contribution in [-0.4, -0.2) is 41.3 Å². The van der Waals surface area contributed by atoms with Gasteiger partial charge in [0, 0.05) is 29.0 Å². The Labute approximate surface area is 211 Å². The summed E-state index contributed by atoms with van der Waals surface area (Å²) in [7, 11) is 1.52. The molecule has 1 atom stereocenters. The largest absolute Gasteiger partial charge is 0.496 e. The molecule has 0 spiro atoms. The van der Waals surface area contributed by atoms with E-state index in [9.17, 15) is 19.1 Å². The number of aliphatic carboxylic acids is 1. The zero-order chi connectivity index (χ0) is 25.7. The summed E-state index contributed by atoms with van der Waals surface area (Å²) in [5.41, 5.74) is 2.31. The summed E-state index contributed by atoms with van der Waals surface area (Å²) >= 11 is 7.18. The summed E-state index contributed by atoms with van der Waals surface area (Å²) < 4.78 is 24.4. The van der Waals surface area contributed by atoms with Crippen molar-refractivity contribution in [3.05, 3.63) is 68.9 Å². The molecule has 2 N–H and O–H groups in total. The Morgan fingerprint density at radius 3 is 2.60 bits per heavy atom. The lowest BCUT2D eigenvalue weighted by Crippen LogP contribution is -2.29. The minimum atomic E-state index is -1.04. The highest BCUT2D eigenvalue weighted by molar-refractivity contribution is 7.15. The average Bonchev–Trinajstić information content (AvgIpc) is 3.20. The lowest BCUT2D eigenvalue weighted by molar-refractivity contribution is -0.153. The van der Waals surface area contributed by atoms with Crippen molar-refractivity contribution in [3.8, 4) is 16.3 Å². The molecule has 0 aliphatic carbocycles. The number of amides is 1. The molecule has 3 aromatic rings. The number of methoxy groups -OCH3 is 1. The molecular weight excluding hydrogens is 495 g/mol. The maximum atomic E-state index is 13.5. The molecule has 35 heavy (non-hydrogen) atoms. The Morgan fingerprint density at radius 2 is 1.97 bits per heavy atom. The van der Waals surface area contributed by atoms with Crippen LogP contribution in [0.4, 0.5) is 4.39 Å². The van der Waals surface area contributed by atoms with Crippen LogP contribution in [0.5, 0.6) is 5.75 Å². The van der Waals surface area contributed by atoms with Crippen molar-refractivity contribution in [3.63, 3.8) is 0 Å². The smallest absolute Gasteiger partial charge is 0.333 e. The summed E-state index contributed by atoms with van der Waals surface area (Å²) in [4.78, 5) is 29.6. The number of rotatable bonds is 10. The molecular formula is C25H26ClFN2O5S. The highest BCUT2D eigenvalue weighted by atomic mass is 35.5. The fourth-order valence-electron chi connectivity index (χ4n) is 3.45. The molecule has 1 heterocycles.